The second kappa shape index (κ2) is 12.4. The van der Waals surface area contributed by atoms with E-state index in [1.165, 1.54) is 38.5 Å². The van der Waals surface area contributed by atoms with E-state index >= 15 is 0 Å². The van der Waals surface area contributed by atoms with Crippen molar-refractivity contribution in [3.63, 3.8) is 0 Å². The van der Waals surface area contributed by atoms with Crippen molar-refractivity contribution in [3.8, 4) is 0 Å². The number of carboxylic acid groups (broad SMARTS) is 1. The second-order valence-electron chi connectivity index (χ2n) is 7.36. The van der Waals surface area contributed by atoms with Gasteiger partial charge in [-0.05, 0) is 31.6 Å². The third-order valence-corrected chi connectivity index (χ3v) is 5.43. The van der Waals surface area contributed by atoms with Crippen LogP contribution < -0.4 is 0 Å². The van der Waals surface area contributed by atoms with E-state index < -0.39 is 11.9 Å². The first-order valence-corrected chi connectivity index (χ1v) is 10.1. The van der Waals surface area contributed by atoms with Crippen molar-refractivity contribution < 1.29 is 29.3 Å². The highest BCUT2D eigenvalue weighted by atomic mass is 16.8. The van der Waals surface area contributed by atoms with Crippen LogP contribution in [0.1, 0.15) is 84.0 Å². The van der Waals surface area contributed by atoms with Crippen LogP contribution in [0.15, 0.2) is 0 Å². The Morgan fingerprint density at radius 2 is 1.77 bits per heavy atom. The number of ether oxygens (including phenoxy) is 2. The average molecular weight is 373 g/mol. The molecule has 3 atom stereocenters. The molecule has 1 saturated carbocycles. The van der Waals surface area contributed by atoms with E-state index in [-0.39, 0.29) is 12.5 Å². The Hall–Kier alpha value is -0.980. The summed E-state index contributed by atoms with van der Waals surface area (Å²) in [6.07, 6.45) is 12.7. The lowest BCUT2D eigenvalue weighted by atomic mass is 9.86. The van der Waals surface area contributed by atoms with Gasteiger partial charge < -0.3 is 19.7 Å². The quantitative estimate of drug-likeness (QED) is 0.334. The van der Waals surface area contributed by atoms with Crippen molar-refractivity contribution in [2.24, 2.45) is 11.8 Å². The van der Waals surface area contributed by atoms with E-state index in [1.807, 2.05) is 0 Å². The Morgan fingerprint density at radius 3 is 2.42 bits per heavy atom. The first kappa shape index (κ1) is 23.1. The summed E-state index contributed by atoms with van der Waals surface area (Å²) < 4.78 is 9.39. The van der Waals surface area contributed by atoms with E-state index in [9.17, 15) is 14.7 Å². The number of rotatable bonds is 15. The molecule has 1 rings (SSSR count). The van der Waals surface area contributed by atoms with Crippen LogP contribution in [0.2, 0.25) is 0 Å². The second-order valence-corrected chi connectivity index (χ2v) is 7.36. The van der Waals surface area contributed by atoms with Gasteiger partial charge >= 0.3 is 11.9 Å². The Morgan fingerprint density at radius 1 is 1.12 bits per heavy atom. The molecule has 0 aromatic rings. The summed E-state index contributed by atoms with van der Waals surface area (Å²) >= 11 is 0. The van der Waals surface area contributed by atoms with E-state index in [2.05, 4.69) is 11.7 Å². The van der Waals surface area contributed by atoms with E-state index in [0.717, 1.165) is 32.8 Å². The molecule has 6 nitrogen and oxygen atoms in total. The lowest BCUT2D eigenvalue weighted by Gasteiger charge is -2.21. The molecular weight excluding hydrogens is 336 g/mol. The third-order valence-electron chi connectivity index (χ3n) is 5.43. The predicted molar refractivity (Wildman–Crippen MR) is 98.6 cm³/mol. The highest BCUT2D eigenvalue weighted by Crippen LogP contribution is 2.36. The Balaban J connectivity index is 2.22. The molecule has 1 fully saturated rings. The summed E-state index contributed by atoms with van der Waals surface area (Å²) in [5, 5.41) is 18.4. The van der Waals surface area contributed by atoms with Crippen molar-refractivity contribution in [2.75, 3.05) is 13.7 Å². The number of Topliss-reactive ketones (excluding diaryl/α,β-unsaturated/α-hetero) is 1. The molecule has 1 aliphatic carbocycles. The maximum atomic E-state index is 12.1. The van der Waals surface area contributed by atoms with E-state index in [0.29, 0.717) is 24.5 Å². The third kappa shape index (κ3) is 7.72. The Labute approximate surface area is 157 Å². The maximum Gasteiger partial charge on any atom is 0.395 e. The molecular formula is C20H36O6. The molecule has 1 unspecified atom stereocenters. The first-order valence-electron chi connectivity index (χ1n) is 10.1. The van der Waals surface area contributed by atoms with Gasteiger partial charge in [-0.2, -0.15) is 0 Å². The van der Waals surface area contributed by atoms with Crippen LogP contribution in [-0.2, 0) is 19.1 Å². The molecule has 0 heterocycles. The minimum absolute atomic E-state index is 0.0830. The summed E-state index contributed by atoms with van der Waals surface area (Å²) in [6, 6.07) is 0. The minimum atomic E-state index is -2.58. The van der Waals surface area contributed by atoms with Crippen LogP contribution in [0.4, 0.5) is 0 Å². The number of unbranched alkanes of at least 4 members (excludes halogenated alkanes) is 6. The molecule has 152 valence electrons. The standard InChI is InChI=1S/C20H36O6/c1-3-4-5-6-7-8-11-16-13-14-18(21)17(16)12-9-10-15-26-20(24,25-2)19(22)23/h16-17,24H,3-15H2,1-2H3,(H,22,23)/t16-,17+,20?/m0/s1. The van der Waals surface area contributed by atoms with Gasteiger partial charge in [0.1, 0.15) is 5.78 Å². The fourth-order valence-corrected chi connectivity index (χ4v) is 3.79. The van der Waals surface area contributed by atoms with E-state index in [1.54, 1.807) is 0 Å². The lowest BCUT2D eigenvalue weighted by molar-refractivity contribution is -0.334. The van der Waals surface area contributed by atoms with Gasteiger partial charge in [0, 0.05) is 19.4 Å². The van der Waals surface area contributed by atoms with Gasteiger partial charge in [-0.1, -0.05) is 51.9 Å². The number of carboxylic acids is 1. The number of methoxy groups -OCH3 is 1. The fourth-order valence-electron chi connectivity index (χ4n) is 3.79. The van der Waals surface area contributed by atoms with Gasteiger partial charge in [0.15, 0.2) is 0 Å². The first-order chi connectivity index (χ1) is 12.4. The molecule has 0 aromatic heterocycles. The number of hydrogen-bond donors (Lipinski definition) is 2. The van der Waals surface area contributed by atoms with Crippen LogP contribution in [0.25, 0.3) is 0 Å². The van der Waals surface area contributed by atoms with Crippen molar-refractivity contribution in [3.05, 3.63) is 0 Å². The number of aliphatic hydroxyl groups is 1. The Bertz CT molecular complexity index is 425. The van der Waals surface area contributed by atoms with Crippen molar-refractivity contribution in [1.82, 2.24) is 0 Å². The summed E-state index contributed by atoms with van der Waals surface area (Å²) in [6.45, 7) is 2.30. The molecule has 26 heavy (non-hydrogen) atoms. The van der Waals surface area contributed by atoms with Crippen molar-refractivity contribution >= 4 is 11.8 Å². The molecule has 0 radical (unpaired) electrons. The number of aliphatic carboxylic acids is 1. The molecule has 0 aliphatic heterocycles. The zero-order valence-electron chi connectivity index (χ0n) is 16.4. The summed E-state index contributed by atoms with van der Waals surface area (Å²) in [5.41, 5.74) is 0. The molecule has 0 aromatic carbocycles. The van der Waals surface area contributed by atoms with Gasteiger partial charge in [-0.15, -0.1) is 0 Å². The van der Waals surface area contributed by atoms with E-state index in [4.69, 9.17) is 9.84 Å². The number of carbonyl (C=O) groups excluding carboxylic acids is 1. The summed E-state index contributed by atoms with van der Waals surface area (Å²) in [7, 11) is 1.08. The smallest absolute Gasteiger partial charge is 0.395 e. The van der Waals surface area contributed by atoms with Crippen LogP contribution in [-0.4, -0.2) is 41.7 Å². The lowest BCUT2D eigenvalue weighted by Crippen LogP contribution is -2.43. The predicted octanol–water partition coefficient (Wildman–Crippen LogP) is 3.90. The van der Waals surface area contributed by atoms with Crippen LogP contribution in [0.5, 0.6) is 0 Å². The minimum Gasteiger partial charge on any atom is -0.475 e. The maximum absolute atomic E-state index is 12.1. The molecule has 0 saturated heterocycles. The monoisotopic (exact) mass is 372 g/mol. The fraction of sp³-hybridized carbons (Fsp3) is 0.900. The van der Waals surface area contributed by atoms with Crippen molar-refractivity contribution in [2.45, 2.75) is 89.9 Å². The average Bonchev–Trinajstić information content (AvgIpc) is 2.97. The Kier molecular flexibility index (Phi) is 11.0. The number of ketones is 1. The van der Waals surface area contributed by atoms with Gasteiger partial charge in [0.25, 0.3) is 0 Å². The van der Waals surface area contributed by atoms with Crippen LogP contribution in [0.3, 0.4) is 0 Å². The highest BCUT2D eigenvalue weighted by molar-refractivity contribution is 5.83. The molecule has 1 aliphatic rings. The normalized spacial score (nSPS) is 22.5. The van der Waals surface area contributed by atoms with Crippen LogP contribution >= 0.6 is 0 Å². The number of carbonyl (C=O) groups is 2. The summed E-state index contributed by atoms with van der Waals surface area (Å²) in [5.74, 6) is -3.12. The van der Waals surface area contributed by atoms with Crippen LogP contribution in [0, 0.1) is 11.8 Å². The number of hydrogen-bond acceptors (Lipinski definition) is 5. The molecule has 6 heteroatoms. The molecule has 0 bridgehead atoms. The zero-order valence-corrected chi connectivity index (χ0v) is 16.4. The van der Waals surface area contributed by atoms with Gasteiger partial charge in [-0.3, -0.25) is 4.79 Å². The molecule has 2 N–H and O–H groups in total. The molecule has 0 amide bonds. The SMILES string of the molecule is CCCCCCCC[C@H]1CCC(=O)[C@@H]1CCCCOC(O)(OC)C(=O)O. The summed E-state index contributed by atoms with van der Waals surface area (Å²) in [4.78, 5) is 23.0. The van der Waals surface area contributed by atoms with Gasteiger partial charge in [0.05, 0.1) is 6.61 Å². The topological polar surface area (TPSA) is 93.1 Å². The van der Waals surface area contributed by atoms with Gasteiger partial charge in [0.2, 0.25) is 0 Å². The van der Waals surface area contributed by atoms with Crippen molar-refractivity contribution in [1.29, 1.82) is 0 Å². The molecule has 0 spiro atoms. The zero-order chi connectivity index (χ0) is 19.4. The highest BCUT2D eigenvalue weighted by Gasteiger charge is 2.38. The largest absolute Gasteiger partial charge is 0.475 e. The van der Waals surface area contributed by atoms with Gasteiger partial charge in [-0.25, -0.2) is 4.79 Å².